The summed E-state index contributed by atoms with van der Waals surface area (Å²) in [4.78, 5) is 0. The lowest BCUT2D eigenvalue weighted by molar-refractivity contribution is -0.0946. The molecule has 1 saturated carbocycles. The van der Waals surface area contributed by atoms with Crippen LogP contribution in [-0.4, -0.2) is 25.8 Å². The second kappa shape index (κ2) is 13.8. The van der Waals surface area contributed by atoms with Gasteiger partial charge in [-0.25, -0.2) is 0 Å². The number of benzene rings is 2. The molecule has 0 N–H and O–H groups in total. The zero-order valence-electron chi connectivity index (χ0n) is 25.2. The Kier molecular flexibility index (Phi) is 11.1. The Morgan fingerprint density at radius 3 is 1.21 bits per heavy atom. The van der Waals surface area contributed by atoms with E-state index >= 15 is 0 Å². The van der Waals surface area contributed by atoms with Gasteiger partial charge in [0, 0.05) is 0 Å². The summed E-state index contributed by atoms with van der Waals surface area (Å²) in [6, 6.07) is 16.9. The maximum Gasteiger partial charge on any atom is 0.196 e. The fraction of sp³-hybridized carbons (Fsp3) is 0.647. The van der Waals surface area contributed by atoms with E-state index < -0.39 is 0 Å². The third-order valence-electron chi connectivity index (χ3n) is 8.74. The number of hydrogen-bond donors (Lipinski definition) is 0. The molecule has 1 aliphatic carbocycles. The molecule has 0 aliphatic heterocycles. The Bertz CT molecular complexity index is 860. The molecule has 1 fully saturated rings. The van der Waals surface area contributed by atoms with Gasteiger partial charge in [-0.05, 0) is 110 Å². The van der Waals surface area contributed by atoms with Crippen molar-refractivity contribution >= 4 is 0 Å². The van der Waals surface area contributed by atoms with Crippen LogP contribution in [0.4, 0.5) is 0 Å². The van der Waals surface area contributed by atoms with Crippen LogP contribution in [0, 0.1) is 11.8 Å². The molecule has 4 nitrogen and oxygen atoms in total. The van der Waals surface area contributed by atoms with E-state index in [9.17, 15) is 0 Å². The summed E-state index contributed by atoms with van der Waals surface area (Å²) in [6.07, 6.45) is 6.41. The quantitative estimate of drug-likeness (QED) is 0.231. The highest BCUT2D eigenvalue weighted by Crippen LogP contribution is 2.31. The molecule has 2 aromatic rings. The molecule has 0 radical (unpaired) electrons. The van der Waals surface area contributed by atoms with Gasteiger partial charge in [-0.2, -0.15) is 0 Å². The fourth-order valence-corrected chi connectivity index (χ4v) is 4.94. The van der Waals surface area contributed by atoms with Crippen LogP contribution >= 0.6 is 0 Å². The van der Waals surface area contributed by atoms with Crippen molar-refractivity contribution in [3.8, 4) is 11.5 Å². The summed E-state index contributed by atoms with van der Waals surface area (Å²) in [6.45, 7) is 19.0. The summed E-state index contributed by atoms with van der Waals surface area (Å²) in [5.74, 6) is 2.91. The topological polar surface area (TPSA) is 36.9 Å². The summed E-state index contributed by atoms with van der Waals surface area (Å²) >= 11 is 0. The summed E-state index contributed by atoms with van der Waals surface area (Å²) in [5.41, 5.74) is 3.06. The lowest BCUT2D eigenvalue weighted by Gasteiger charge is -2.30. The van der Waals surface area contributed by atoms with Gasteiger partial charge in [0.1, 0.15) is 11.5 Å². The van der Waals surface area contributed by atoms with Crippen molar-refractivity contribution in [2.24, 2.45) is 11.8 Å². The van der Waals surface area contributed by atoms with E-state index in [1.165, 1.54) is 36.8 Å². The molecule has 3 rings (SSSR count). The molecule has 0 aromatic heterocycles. The van der Waals surface area contributed by atoms with E-state index in [0.29, 0.717) is 11.8 Å². The van der Waals surface area contributed by atoms with E-state index in [-0.39, 0.29) is 23.4 Å². The average molecular weight is 525 g/mol. The first-order chi connectivity index (χ1) is 18.0. The van der Waals surface area contributed by atoms with Crippen LogP contribution in [-0.2, 0) is 20.3 Å². The van der Waals surface area contributed by atoms with Gasteiger partial charge in [-0.1, -0.05) is 65.8 Å². The molecule has 38 heavy (non-hydrogen) atoms. The molecule has 0 spiro atoms. The van der Waals surface area contributed by atoms with Crippen molar-refractivity contribution in [3.63, 3.8) is 0 Å². The van der Waals surface area contributed by atoms with Crippen molar-refractivity contribution in [3.05, 3.63) is 59.7 Å². The smallest absolute Gasteiger partial charge is 0.196 e. The number of hydrogen-bond acceptors (Lipinski definition) is 4. The van der Waals surface area contributed by atoms with E-state index in [0.717, 1.165) is 37.6 Å². The SMILES string of the molecule is CCC(C)(C)c1ccc(OC(C)OCC2CCC(COC(C)Oc3ccc(C(C)(C)CC)cc3)CC2)cc1. The van der Waals surface area contributed by atoms with Crippen LogP contribution < -0.4 is 9.47 Å². The van der Waals surface area contributed by atoms with Gasteiger partial charge < -0.3 is 18.9 Å². The Hall–Kier alpha value is -2.04. The van der Waals surface area contributed by atoms with Crippen molar-refractivity contribution in [2.45, 2.75) is 117 Å². The van der Waals surface area contributed by atoms with Gasteiger partial charge in [0.15, 0.2) is 12.6 Å². The molecule has 2 atom stereocenters. The molecule has 0 bridgehead atoms. The van der Waals surface area contributed by atoms with Crippen molar-refractivity contribution in [1.29, 1.82) is 0 Å². The van der Waals surface area contributed by atoms with E-state index in [4.69, 9.17) is 18.9 Å². The fourth-order valence-electron chi connectivity index (χ4n) is 4.94. The molecule has 1 aliphatic rings. The Balaban J connectivity index is 1.31. The van der Waals surface area contributed by atoms with Crippen molar-refractivity contribution < 1.29 is 18.9 Å². The predicted octanol–water partition coefficient (Wildman–Crippen LogP) is 9.05. The molecule has 0 saturated heterocycles. The highest BCUT2D eigenvalue weighted by molar-refractivity contribution is 5.32. The van der Waals surface area contributed by atoms with Gasteiger partial charge in [-0.3, -0.25) is 0 Å². The maximum absolute atomic E-state index is 6.07. The minimum Gasteiger partial charge on any atom is -0.465 e. The summed E-state index contributed by atoms with van der Waals surface area (Å²) < 4.78 is 24.2. The second-order valence-corrected chi connectivity index (χ2v) is 12.4. The Labute approximate surface area is 232 Å². The molecular formula is C34H52O4. The van der Waals surface area contributed by atoms with E-state index in [1.807, 2.05) is 13.8 Å². The molecule has 2 unspecified atom stereocenters. The van der Waals surface area contributed by atoms with Gasteiger partial charge in [0.25, 0.3) is 0 Å². The normalized spacial score (nSPS) is 20.1. The van der Waals surface area contributed by atoms with Crippen LogP contribution in [0.3, 0.4) is 0 Å². The first-order valence-electron chi connectivity index (χ1n) is 14.8. The summed E-state index contributed by atoms with van der Waals surface area (Å²) in [7, 11) is 0. The number of rotatable bonds is 14. The first-order valence-corrected chi connectivity index (χ1v) is 14.8. The largest absolute Gasteiger partial charge is 0.465 e. The summed E-state index contributed by atoms with van der Waals surface area (Å²) in [5, 5.41) is 0. The predicted molar refractivity (Wildman–Crippen MR) is 157 cm³/mol. The van der Waals surface area contributed by atoms with E-state index in [1.54, 1.807) is 0 Å². The van der Waals surface area contributed by atoms with Crippen molar-refractivity contribution in [2.75, 3.05) is 13.2 Å². The molecule has 0 amide bonds. The molecule has 4 heteroatoms. The van der Waals surface area contributed by atoms with Crippen LogP contribution in [0.1, 0.15) is 105 Å². The second-order valence-electron chi connectivity index (χ2n) is 12.4. The van der Waals surface area contributed by atoms with Crippen LogP contribution in [0.15, 0.2) is 48.5 Å². The van der Waals surface area contributed by atoms with E-state index in [2.05, 4.69) is 90.1 Å². The number of ether oxygens (including phenoxy) is 4. The minimum absolute atomic E-state index is 0.188. The lowest BCUT2D eigenvalue weighted by Crippen LogP contribution is -2.27. The third kappa shape index (κ3) is 9.02. The van der Waals surface area contributed by atoms with Crippen LogP contribution in [0.2, 0.25) is 0 Å². The van der Waals surface area contributed by atoms with Gasteiger partial charge >= 0.3 is 0 Å². The molecule has 0 heterocycles. The van der Waals surface area contributed by atoms with Crippen LogP contribution in [0.5, 0.6) is 11.5 Å². The maximum atomic E-state index is 6.07. The lowest BCUT2D eigenvalue weighted by atomic mass is 9.82. The minimum atomic E-state index is -0.249. The first kappa shape index (κ1) is 30.5. The monoisotopic (exact) mass is 524 g/mol. The molecule has 212 valence electrons. The van der Waals surface area contributed by atoms with Gasteiger partial charge in [0.05, 0.1) is 13.2 Å². The highest BCUT2D eigenvalue weighted by atomic mass is 16.7. The Morgan fingerprint density at radius 2 is 0.921 bits per heavy atom. The van der Waals surface area contributed by atoms with Crippen molar-refractivity contribution in [1.82, 2.24) is 0 Å². The Morgan fingerprint density at radius 1 is 0.605 bits per heavy atom. The zero-order valence-corrected chi connectivity index (χ0v) is 25.2. The molecule has 2 aromatic carbocycles. The standard InChI is InChI=1S/C34H52O4/c1-9-33(5,6)29-15-19-31(20-16-29)37-25(3)35-23-27-11-13-28(14-12-27)24-36-26(4)38-32-21-17-30(18-22-32)34(7,8)10-2/h15-22,25-28H,9-14,23-24H2,1-8H3. The van der Waals surface area contributed by atoms with Gasteiger partial charge in [0.2, 0.25) is 0 Å². The zero-order chi connectivity index (χ0) is 27.8. The average Bonchev–Trinajstić information content (AvgIpc) is 2.92. The van der Waals surface area contributed by atoms with Gasteiger partial charge in [-0.15, -0.1) is 0 Å². The van der Waals surface area contributed by atoms with Crippen LogP contribution in [0.25, 0.3) is 0 Å². The highest BCUT2D eigenvalue weighted by Gasteiger charge is 2.24. The third-order valence-corrected chi connectivity index (χ3v) is 8.74. The molecular weight excluding hydrogens is 472 g/mol.